The van der Waals surface area contributed by atoms with Crippen molar-refractivity contribution in [1.29, 1.82) is 0 Å². The van der Waals surface area contributed by atoms with E-state index in [0.717, 1.165) is 12.6 Å². The first-order chi connectivity index (χ1) is 7.92. The predicted molar refractivity (Wildman–Crippen MR) is 66.9 cm³/mol. The van der Waals surface area contributed by atoms with Gasteiger partial charge in [-0.2, -0.15) is 0 Å². The minimum Gasteiger partial charge on any atom is -0.371 e. The number of nitrogens with one attached hydrogen (secondary N) is 1. The number of nitrogens with zero attached hydrogens (tertiary/aromatic N) is 2. The van der Waals surface area contributed by atoms with Crippen molar-refractivity contribution >= 4 is 5.84 Å². The summed E-state index contributed by atoms with van der Waals surface area (Å²) in [6.45, 7) is 3.69. The maximum Gasteiger partial charge on any atom is 0.0965 e. The first kappa shape index (κ1) is 10.6. The average molecular weight is 221 g/mol. The molecule has 2 atom stereocenters. The van der Waals surface area contributed by atoms with Crippen molar-refractivity contribution in [2.45, 2.75) is 57.0 Å². The minimum absolute atomic E-state index is 0.705. The van der Waals surface area contributed by atoms with Gasteiger partial charge < -0.3 is 10.2 Å². The third-order valence-corrected chi connectivity index (χ3v) is 4.32. The molecule has 3 nitrogen and oxygen atoms in total. The van der Waals surface area contributed by atoms with Crippen molar-refractivity contribution in [2.24, 2.45) is 4.99 Å². The summed E-state index contributed by atoms with van der Waals surface area (Å²) in [5, 5.41) is 3.69. The SMILES string of the molecule is C1CCC(NC2CCN3CCCC3C2)=NC1. The Morgan fingerprint density at radius 2 is 2.12 bits per heavy atom. The van der Waals surface area contributed by atoms with Gasteiger partial charge in [-0.1, -0.05) is 0 Å². The highest BCUT2D eigenvalue weighted by Crippen LogP contribution is 2.27. The molecule has 3 heterocycles. The average Bonchev–Trinajstić information content (AvgIpc) is 2.77. The van der Waals surface area contributed by atoms with Gasteiger partial charge in [-0.3, -0.25) is 4.99 Å². The molecular weight excluding hydrogens is 198 g/mol. The molecule has 0 spiro atoms. The van der Waals surface area contributed by atoms with Crippen LogP contribution in [0.1, 0.15) is 44.9 Å². The summed E-state index contributed by atoms with van der Waals surface area (Å²) in [6, 6.07) is 1.58. The Morgan fingerprint density at radius 3 is 3.00 bits per heavy atom. The largest absolute Gasteiger partial charge is 0.371 e. The lowest BCUT2D eigenvalue weighted by Gasteiger charge is -2.36. The van der Waals surface area contributed by atoms with Crippen molar-refractivity contribution in [3.8, 4) is 0 Å². The molecule has 0 radical (unpaired) electrons. The molecule has 0 saturated carbocycles. The van der Waals surface area contributed by atoms with Crippen LogP contribution in [0.25, 0.3) is 0 Å². The van der Waals surface area contributed by atoms with Crippen molar-refractivity contribution < 1.29 is 0 Å². The normalized spacial score (nSPS) is 35.6. The van der Waals surface area contributed by atoms with Crippen LogP contribution in [0.5, 0.6) is 0 Å². The van der Waals surface area contributed by atoms with E-state index in [1.165, 1.54) is 63.9 Å². The molecule has 0 amide bonds. The van der Waals surface area contributed by atoms with E-state index in [-0.39, 0.29) is 0 Å². The van der Waals surface area contributed by atoms with Gasteiger partial charge in [-0.15, -0.1) is 0 Å². The van der Waals surface area contributed by atoms with Crippen LogP contribution >= 0.6 is 0 Å². The van der Waals surface area contributed by atoms with Crippen LogP contribution in [0.4, 0.5) is 0 Å². The Bertz CT molecular complexity index is 274. The molecule has 2 unspecified atom stereocenters. The van der Waals surface area contributed by atoms with Gasteiger partial charge in [0.25, 0.3) is 0 Å². The van der Waals surface area contributed by atoms with Crippen molar-refractivity contribution in [1.82, 2.24) is 10.2 Å². The molecule has 3 aliphatic rings. The van der Waals surface area contributed by atoms with Crippen molar-refractivity contribution in [3.63, 3.8) is 0 Å². The summed E-state index contributed by atoms with van der Waals surface area (Å²) in [5.74, 6) is 1.29. The number of hydrogen-bond acceptors (Lipinski definition) is 3. The van der Waals surface area contributed by atoms with Crippen LogP contribution in [-0.4, -0.2) is 42.5 Å². The third-order valence-electron chi connectivity index (χ3n) is 4.32. The Morgan fingerprint density at radius 1 is 1.12 bits per heavy atom. The van der Waals surface area contributed by atoms with Gasteiger partial charge in [0.15, 0.2) is 0 Å². The second-order valence-corrected chi connectivity index (χ2v) is 5.48. The van der Waals surface area contributed by atoms with Crippen LogP contribution in [0.3, 0.4) is 0 Å². The highest BCUT2D eigenvalue weighted by Gasteiger charge is 2.31. The van der Waals surface area contributed by atoms with Gasteiger partial charge >= 0.3 is 0 Å². The number of fused-ring (bicyclic) bond motifs is 1. The summed E-state index contributed by atoms with van der Waals surface area (Å²) in [6.07, 6.45) is 9.29. The molecule has 3 rings (SSSR count). The first-order valence-electron chi connectivity index (χ1n) is 6.96. The highest BCUT2D eigenvalue weighted by molar-refractivity contribution is 5.82. The number of piperidine rings is 1. The molecule has 0 bridgehead atoms. The van der Waals surface area contributed by atoms with Crippen LogP contribution in [0, 0.1) is 0 Å². The minimum atomic E-state index is 0.705. The van der Waals surface area contributed by atoms with Gasteiger partial charge in [0, 0.05) is 31.6 Å². The Hall–Kier alpha value is -0.570. The summed E-state index contributed by atoms with van der Waals surface area (Å²) in [4.78, 5) is 7.28. The van der Waals surface area contributed by atoms with Crippen molar-refractivity contribution in [3.05, 3.63) is 0 Å². The zero-order chi connectivity index (χ0) is 10.8. The van der Waals surface area contributed by atoms with Crippen molar-refractivity contribution in [2.75, 3.05) is 19.6 Å². The second kappa shape index (κ2) is 4.74. The molecule has 0 aromatic carbocycles. The molecule has 2 saturated heterocycles. The van der Waals surface area contributed by atoms with E-state index in [0.29, 0.717) is 6.04 Å². The fourth-order valence-corrected chi connectivity index (χ4v) is 3.41. The topological polar surface area (TPSA) is 27.6 Å². The smallest absolute Gasteiger partial charge is 0.0965 e. The third kappa shape index (κ3) is 2.24. The Balaban J connectivity index is 1.54. The van der Waals surface area contributed by atoms with Crippen LogP contribution in [0.2, 0.25) is 0 Å². The molecule has 1 N–H and O–H groups in total. The molecule has 0 aromatic heterocycles. The van der Waals surface area contributed by atoms with E-state index in [9.17, 15) is 0 Å². The summed E-state index contributed by atoms with van der Waals surface area (Å²) < 4.78 is 0. The molecule has 3 heteroatoms. The van der Waals surface area contributed by atoms with E-state index in [1.54, 1.807) is 0 Å². The fraction of sp³-hybridized carbons (Fsp3) is 0.923. The zero-order valence-electron chi connectivity index (χ0n) is 10.1. The maximum atomic E-state index is 4.60. The fourth-order valence-electron chi connectivity index (χ4n) is 3.41. The van der Waals surface area contributed by atoms with E-state index in [1.807, 2.05) is 0 Å². The first-order valence-corrected chi connectivity index (χ1v) is 6.96. The summed E-state index contributed by atoms with van der Waals surface area (Å²) in [5.41, 5.74) is 0. The van der Waals surface area contributed by atoms with E-state index in [2.05, 4.69) is 15.2 Å². The molecule has 16 heavy (non-hydrogen) atoms. The van der Waals surface area contributed by atoms with E-state index >= 15 is 0 Å². The summed E-state index contributed by atoms with van der Waals surface area (Å²) in [7, 11) is 0. The molecular formula is C13H23N3. The molecule has 2 fully saturated rings. The van der Waals surface area contributed by atoms with Gasteiger partial charge in [-0.05, 0) is 45.1 Å². The number of amidine groups is 1. The molecule has 0 aliphatic carbocycles. The predicted octanol–water partition coefficient (Wildman–Crippen LogP) is 1.79. The lowest BCUT2D eigenvalue weighted by molar-refractivity contribution is 0.175. The van der Waals surface area contributed by atoms with Gasteiger partial charge in [0.2, 0.25) is 0 Å². The van der Waals surface area contributed by atoms with Crippen LogP contribution in [0.15, 0.2) is 4.99 Å². The van der Waals surface area contributed by atoms with Gasteiger partial charge in [0.05, 0.1) is 5.84 Å². The van der Waals surface area contributed by atoms with Gasteiger partial charge in [0.1, 0.15) is 0 Å². The highest BCUT2D eigenvalue weighted by atomic mass is 15.2. The maximum absolute atomic E-state index is 4.60. The standard InChI is InChI=1S/C13H23N3/c1-2-7-14-13(5-1)15-11-6-9-16-8-3-4-12(16)10-11/h11-12H,1-10H2,(H,14,15). The van der Waals surface area contributed by atoms with E-state index in [4.69, 9.17) is 0 Å². The quantitative estimate of drug-likeness (QED) is 0.731. The van der Waals surface area contributed by atoms with Crippen LogP contribution in [-0.2, 0) is 0 Å². The summed E-state index contributed by atoms with van der Waals surface area (Å²) >= 11 is 0. The van der Waals surface area contributed by atoms with Crippen LogP contribution < -0.4 is 5.32 Å². The molecule has 90 valence electrons. The number of hydrogen-bond donors (Lipinski definition) is 1. The molecule has 3 aliphatic heterocycles. The Kier molecular flexibility index (Phi) is 3.13. The number of rotatable bonds is 1. The monoisotopic (exact) mass is 221 g/mol. The van der Waals surface area contributed by atoms with E-state index < -0.39 is 0 Å². The zero-order valence-corrected chi connectivity index (χ0v) is 10.1. The van der Waals surface area contributed by atoms with Gasteiger partial charge in [-0.25, -0.2) is 0 Å². The lowest BCUT2D eigenvalue weighted by atomic mass is 9.97. The Labute approximate surface area is 98.3 Å². The lowest BCUT2D eigenvalue weighted by Crippen LogP contribution is -2.47. The number of aliphatic imine (C=N–C) groups is 1. The molecule has 0 aromatic rings. The second-order valence-electron chi connectivity index (χ2n) is 5.48.